The van der Waals surface area contributed by atoms with Crippen LogP contribution in [0.5, 0.6) is 5.75 Å². The van der Waals surface area contributed by atoms with Crippen LogP contribution in [0.25, 0.3) is 0 Å². The molecule has 1 aromatic carbocycles. The first-order valence-corrected chi connectivity index (χ1v) is 7.68. The molecule has 2 rings (SSSR count). The summed E-state index contributed by atoms with van der Waals surface area (Å²) in [6.07, 6.45) is 2.59. The van der Waals surface area contributed by atoms with Crippen LogP contribution in [-0.4, -0.2) is 17.2 Å². The summed E-state index contributed by atoms with van der Waals surface area (Å²) < 4.78 is 8.24. The molecule has 2 N–H and O–H groups in total. The van der Waals surface area contributed by atoms with Gasteiger partial charge in [-0.05, 0) is 53.0 Å². The number of hydrogen-bond donors (Lipinski definition) is 1. The second kappa shape index (κ2) is 7.43. The van der Waals surface area contributed by atoms with Crippen molar-refractivity contribution in [3.8, 4) is 5.75 Å². The average molecular weight is 351 g/mol. The first-order chi connectivity index (χ1) is 10.1. The van der Waals surface area contributed by atoms with Crippen molar-refractivity contribution >= 4 is 15.9 Å². The summed E-state index contributed by atoms with van der Waals surface area (Å²) in [7, 11) is 0. The highest BCUT2D eigenvalue weighted by atomic mass is 79.9. The van der Waals surface area contributed by atoms with E-state index in [1.54, 1.807) is 22.9 Å². The van der Waals surface area contributed by atoms with Gasteiger partial charge in [-0.15, -0.1) is 0 Å². The Bertz CT molecular complexity index is 653. The second-order valence-electron chi connectivity index (χ2n) is 5.03. The van der Waals surface area contributed by atoms with Crippen LogP contribution in [0.1, 0.15) is 12.5 Å². The maximum atomic E-state index is 11.6. The van der Waals surface area contributed by atoms with Crippen LogP contribution < -0.4 is 16.0 Å². The van der Waals surface area contributed by atoms with Gasteiger partial charge in [-0.1, -0.05) is 12.1 Å². The Morgan fingerprint density at radius 1 is 1.33 bits per heavy atom. The van der Waals surface area contributed by atoms with E-state index >= 15 is 0 Å². The summed E-state index contributed by atoms with van der Waals surface area (Å²) in [5.41, 5.74) is 6.94. The highest BCUT2D eigenvalue weighted by molar-refractivity contribution is 9.10. The van der Waals surface area contributed by atoms with Gasteiger partial charge in [0.05, 0.1) is 11.0 Å². The van der Waals surface area contributed by atoms with Crippen LogP contribution in [0.3, 0.4) is 0 Å². The number of halogens is 1. The zero-order valence-corrected chi connectivity index (χ0v) is 13.5. The minimum absolute atomic E-state index is 0.0209. The molecular formula is C16H19BrN2O2. The molecule has 0 aliphatic carbocycles. The van der Waals surface area contributed by atoms with Gasteiger partial charge in [-0.25, -0.2) is 0 Å². The topological polar surface area (TPSA) is 57.2 Å². The maximum Gasteiger partial charge on any atom is 0.250 e. The van der Waals surface area contributed by atoms with E-state index in [0.29, 0.717) is 13.2 Å². The molecule has 1 heterocycles. The Balaban J connectivity index is 1.94. The summed E-state index contributed by atoms with van der Waals surface area (Å²) in [4.78, 5) is 11.6. The average Bonchev–Trinajstić information content (AvgIpc) is 2.42. The smallest absolute Gasteiger partial charge is 0.250 e. The first-order valence-electron chi connectivity index (χ1n) is 6.88. The van der Waals surface area contributed by atoms with E-state index in [1.807, 2.05) is 31.2 Å². The Kier molecular flexibility index (Phi) is 5.59. The van der Waals surface area contributed by atoms with Gasteiger partial charge in [-0.2, -0.15) is 0 Å². The van der Waals surface area contributed by atoms with Gasteiger partial charge in [0.25, 0.3) is 5.56 Å². The summed E-state index contributed by atoms with van der Waals surface area (Å²) in [6.45, 7) is 2.94. The van der Waals surface area contributed by atoms with Crippen molar-refractivity contribution in [1.29, 1.82) is 0 Å². The minimum atomic E-state index is -0.0209. The molecule has 1 atom stereocenters. The summed E-state index contributed by atoms with van der Waals surface area (Å²) in [5.74, 6) is 0.771. The van der Waals surface area contributed by atoms with Crippen LogP contribution in [0, 0.1) is 0 Å². The fourth-order valence-corrected chi connectivity index (χ4v) is 2.60. The lowest BCUT2D eigenvalue weighted by molar-refractivity contribution is 0.294. The van der Waals surface area contributed by atoms with E-state index < -0.39 is 0 Å². The van der Waals surface area contributed by atoms with E-state index in [2.05, 4.69) is 15.9 Å². The van der Waals surface area contributed by atoms with Gasteiger partial charge in [0.15, 0.2) is 0 Å². The number of nitrogens with two attached hydrogens (primary N) is 1. The normalized spacial score (nSPS) is 12.1. The van der Waals surface area contributed by atoms with Gasteiger partial charge >= 0.3 is 0 Å². The largest absolute Gasteiger partial charge is 0.491 e. The SMILES string of the molecule is CC(N)Cc1ccc(OCCn2ccccc2=O)c(Br)c1. The van der Waals surface area contributed by atoms with Crippen LogP contribution >= 0.6 is 15.9 Å². The second-order valence-corrected chi connectivity index (χ2v) is 5.88. The lowest BCUT2D eigenvalue weighted by atomic mass is 10.1. The molecule has 1 unspecified atom stereocenters. The third-order valence-corrected chi connectivity index (χ3v) is 3.66. The Labute approximate surface area is 132 Å². The molecule has 4 nitrogen and oxygen atoms in total. The minimum Gasteiger partial charge on any atom is -0.491 e. The highest BCUT2D eigenvalue weighted by Gasteiger charge is 2.05. The number of nitrogens with zero attached hydrogens (tertiary/aromatic N) is 1. The Hall–Kier alpha value is -1.59. The van der Waals surface area contributed by atoms with Crippen molar-refractivity contribution in [2.24, 2.45) is 5.73 Å². The Morgan fingerprint density at radius 2 is 2.14 bits per heavy atom. The molecule has 5 heteroatoms. The molecule has 0 radical (unpaired) electrons. The molecule has 0 saturated carbocycles. The van der Waals surface area contributed by atoms with Crippen molar-refractivity contribution in [3.63, 3.8) is 0 Å². The molecule has 2 aromatic rings. The van der Waals surface area contributed by atoms with E-state index in [1.165, 1.54) is 5.56 Å². The molecule has 1 aromatic heterocycles. The van der Waals surface area contributed by atoms with Gasteiger partial charge in [0, 0.05) is 18.3 Å². The van der Waals surface area contributed by atoms with Crippen molar-refractivity contribution in [2.75, 3.05) is 6.61 Å². The summed E-state index contributed by atoms with van der Waals surface area (Å²) in [5, 5.41) is 0. The van der Waals surface area contributed by atoms with Gasteiger partial charge in [-0.3, -0.25) is 4.79 Å². The van der Waals surface area contributed by atoms with Gasteiger partial charge in [0.2, 0.25) is 0 Å². The third-order valence-electron chi connectivity index (χ3n) is 3.04. The zero-order valence-electron chi connectivity index (χ0n) is 12.0. The molecular weight excluding hydrogens is 332 g/mol. The molecule has 0 spiro atoms. The van der Waals surface area contributed by atoms with Gasteiger partial charge < -0.3 is 15.0 Å². The number of benzene rings is 1. The lowest BCUT2D eigenvalue weighted by Gasteiger charge is -2.11. The number of pyridine rings is 1. The molecule has 0 aliphatic heterocycles. The van der Waals surface area contributed by atoms with Crippen LogP contribution in [0.4, 0.5) is 0 Å². The maximum absolute atomic E-state index is 11.6. The van der Waals surface area contributed by atoms with Crippen molar-refractivity contribution < 1.29 is 4.74 Å². The van der Waals surface area contributed by atoms with Crippen LogP contribution in [0.15, 0.2) is 51.9 Å². The highest BCUT2D eigenvalue weighted by Crippen LogP contribution is 2.26. The molecule has 0 bridgehead atoms. The monoisotopic (exact) mass is 350 g/mol. The van der Waals surface area contributed by atoms with Crippen molar-refractivity contribution in [1.82, 2.24) is 4.57 Å². The summed E-state index contributed by atoms with van der Waals surface area (Å²) >= 11 is 3.50. The van der Waals surface area contributed by atoms with E-state index in [-0.39, 0.29) is 11.6 Å². The molecule has 112 valence electrons. The molecule has 0 amide bonds. The van der Waals surface area contributed by atoms with E-state index in [4.69, 9.17) is 10.5 Å². The number of aromatic nitrogens is 1. The van der Waals surface area contributed by atoms with E-state index in [0.717, 1.165) is 16.6 Å². The van der Waals surface area contributed by atoms with Gasteiger partial charge in [0.1, 0.15) is 12.4 Å². The fraction of sp³-hybridized carbons (Fsp3) is 0.312. The lowest BCUT2D eigenvalue weighted by Crippen LogP contribution is -2.21. The third kappa shape index (κ3) is 4.72. The quantitative estimate of drug-likeness (QED) is 0.870. The fourth-order valence-electron chi connectivity index (χ4n) is 2.06. The van der Waals surface area contributed by atoms with E-state index in [9.17, 15) is 4.79 Å². The van der Waals surface area contributed by atoms with Crippen molar-refractivity contribution in [2.45, 2.75) is 25.9 Å². The molecule has 0 aliphatic rings. The number of rotatable bonds is 6. The Morgan fingerprint density at radius 3 is 2.81 bits per heavy atom. The van der Waals surface area contributed by atoms with Crippen LogP contribution in [0.2, 0.25) is 0 Å². The molecule has 0 fully saturated rings. The molecule has 0 saturated heterocycles. The molecule has 21 heavy (non-hydrogen) atoms. The predicted octanol–water partition coefficient (Wildman–Crippen LogP) is 2.58. The van der Waals surface area contributed by atoms with Crippen LogP contribution in [-0.2, 0) is 13.0 Å². The van der Waals surface area contributed by atoms with Crippen molar-refractivity contribution in [3.05, 3.63) is 63.0 Å². The zero-order chi connectivity index (χ0) is 15.2. The standard InChI is InChI=1S/C16H19BrN2O2/c1-12(18)10-13-5-6-15(14(17)11-13)21-9-8-19-7-3-2-4-16(19)20/h2-7,11-12H,8-10,18H2,1H3. The predicted molar refractivity (Wildman–Crippen MR) is 87.7 cm³/mol. The number of ether oxygens (including phenoxy) is 1. The first kappa shape index (κ1) is 15.8. The number of hydrogen-bond acceptors (Lipinski definition) is 3. The summed E-state index contributed by atoms with van der Waals surface area (Å²) in [6, 6.07) is 11.2.